The van der Waals surface area contributed by atoms with Crippen LogP contribution < -0.4 is 0 Å². The molecule has 2 atom stereocenters. The highest BCUT2D eigenvalue weighted by Crippen LogP contribution is 2.13. The van der Waals surface area contributed by atoms with Gasteiger partial charge in [-0.2, -0.15) is 0 Å². The van der Waals surface area contributed by atoms with E-state index in [0.29, 0.717) is 19.1 Å². The van der Waals surface area contributed by atoms with Crippen LogP contribution in [0.2, 0.25) is 0 Å². The van der Waals surface area contributed by atoms with Crippen LogP contribution in [-0.4, -0.2) is 124 Å². The molecule has 0 aromatic carbocycles. The van der Waals surface area contributed by atoms with Gasteiger partial charge in [0, 0.05) is 65.5 Å². The van der Waals surface area contributed by atoms with Gasteiger partial charge in [-0.15, -0.1) is 0 Å². The van der Waals surface area contributed by atoms with E-state index >= 15 is 0 Å². The van der Waals surface area contributed by atoms with Gasteiger partial charge in [-0.3, -0.25) is 9.80 Å². The molecule has 168 valence electrons. The molecule has 1 aliphatic rings. The molecule has 6 nitrogen and oxygen atoms in total. The zero-order valence-corrected chi connectivity index (χ0v) is 19.4. The van der Waals surface area contributed by atoms with Crippen molar-refractivity contribution in [1.29, 1.82) is 0 Å². The van der Waals surface area contributed by atoms with E-state index in [9.17, 15) is 5.11 Å². The molecular formula is C22H48N4O2. The first kappa shape index (κ1) is 25.8. The van der Waals surface area contributed by atoms with Crippen LogP contribution in [0.15, 0.2) is 0 Å². The molecule has 0 spiro atoms. The van der Waals surface area contributed by atoms with Gasteiger partial charge < -0.3 is 19.6 Å². The molecule has 0 amide bonds. The Bertz CT molecular complexity index is 362. The Morgan fingerprint density at radius 1 is 1.00 bits per heavy atom. The van der Waals surface area contributed by atoms with Crippen LogP contribution in [0.5, 0.6) is 0 Å². The smallest absolute Gasteiger partial charge is 0.0900 e. The fraction of sp³-hybridized carbons (Fsp3) is 1.00. The number of aliphatic hydroxyl groups excluding tert-OH is 1. The summed E-state index contributed by atoms with van der Waals surface area (Å²) in [7, 11) is 6.42. The number of hydrogen-bond donors (Lipinski definition) is 1. The summed E-state index contributed by atoms with van der Waals surface area (Å²) >= 11 is 0. The average molecular weight is 401 g/mol. The normalized spacial score (nSPS) is 18.9. The van der Waals surface area contributed by atoms with E-state index < -0.39 is 6.10 Å². The second-order valence-corrected chi connectivity index (χ2v) is 8.86. The van der Waals surface area contributed by atoms with Crippen molar-refractivity contribution >= 4 is 0 Å². The standard InChI is InChI=1S/C22H48N4O2/c1-6-8-9-21(7-2)19-28-20-22(27)18-26(13-10-23(3)4)17-16-25-14-11-24(5)12-15-25/h21-22,27H,6-20H2,1-5H3. The van der Waals surface area contributed by atoms with Crippen molar-refractivity contribution in [1.82, 2.24) is 19.6 Å². The molecular weight excluding hydrogens is 352 g/mol. The molecule has 0 saturated carbocycles. The number of unbranched alkanes of at least 4 members (excludes halogenated alkanes) is 1. The van der Waals surface area contributed by atoms with Gasteiger partial charge in [-0.1, -0.05) is 33.1 Å². The first-order valence-electron chi connectivity index (χ1n) is 11.5. The zero-order valence-electron chi connectivity index (χ0n) is 19.4. The summed E-state index contributed by atoms with van der Waals surface area (Å²) in [6.07, 6.45) is 4.51. The molecule has 1 N–H and O–H groups in total. The van der Waals surface area contributed by atoms with Crippen LogP contribution in [0, 0.1) is 5.92 Å². The van der Waals surface area contributed by atoms with Crippen molar-refractivity contribution in [3.05, 3.63) is 0 Å². The molecule has 0 aromatic heterocycles. The third-order valence-electron chi connectivity index (χ3n) is 5.87. The Morgan fingerprint density at radius 3 is 2.32 bits per heavy atom. The van der Waals surface area contributed by atoms with Crippen LogP contribution >= 0.6 is 0 Å². The predicted molar refractivity (Wildman–Crippen MR) is 119 cm³/mol. The second-order valence-electron chi connectivity index (χ2n) is 8.86. The minimum absolute atomic E-state index is 0.404. The fourth-order valence-corrected chi connectivity index (χ4v) is 3.61. The van der Waals surface area contributed by atoms with E-state index in [-0.39, 0.29) is 0 Å². The SMILES string of the molecule is CCCCC(CC)COCC(O)CN(CCN(C)C)CCN1CCN(C)CC1. The molecule has 1 saturated heterocycles. The van der Waals surface area contributed by atoms with Crippen molar-refractivity contribution in [2.24, 2.45) is 5.92 Å². The second kappa shape index (κ2) is 15.6. The van der Waals surface area contributed by atoms with Gasteiger partial charge in [0.2, 0.25) is 0 Å². The van der Waals surface area contributed by atoms with E-state index in [1.54, 1.807) is 0 Å². The van der Waals surface area contributed by atoms with Gasteiger partial charge in [0.15, 0.2) is 0 Å². The Morgan fingerprint density at radius 2 is 1.71 bits per heavy atom. The van der Waals surface area contributed by atoms with Crippen LogP contribution in [-0.2, 0) is 4.74 Å². The third-order valence-corrected chi connectivity index (χ3v) is 5.87. The molecule has 1 rings (SSSR count). The third kappa shape index (κ3) is 12.3. The first-order valence-corrected chi connectivity index (χ1v) is 11.5. The zero-order chi connectivity index (χ0) is 20.8. The minimum Gasteiger partial charge on any atom is -0.389 e. The van der Waals surface area contributed by atoms with Crippen LogP contribution in [0.1, 0.15) is 39.5 Å². The van der Waals surface area contributed by atoms with E-state index in [1.807, 2.05) is 0 Å². The van der Waals surface area contributed by atoms with Gasteiger partial charge in [0.1, 0.15) is 0 Å². The summed E-state index contributed by atoms with van der Waals surface area (Å²) in [6.45, 7) is 15.2. The lowest BCUT2D eigenvalue weighted by Crippen LogP contribution is -2.48. The highest BCUT2D eigenvalue weighted by Gasteiger charge is 2.17. The molecule has 0 aromatic rings. The van der Waals surface area contributed by atoms with Crippen molar-refractivity contribution in [3.63, 3.8) is 0 Å². The van der Waals surface area contributed by atoms with Crippen molar-refractivity contribution in [2.75, 3.05) is 93.3 Å². The highest BCUT2D eigenvalue weighted by atomic mass is 16.5. The van der Waals surface area contributed by atoms with E-state index in [4.69, 9.17) is 4.74 Å². The summed E-state index contributed by atoms with van der Waals surface area (Å²) in [6, 6.07) is 0. The van der Waals surface area contributed by atoms with Crippen LogP contribution in [0.4, 0.5) is 0 Å². The number of hydrogen-bond acceptors (Lipinski definition) is 6. The summed E-state index contributed by atoms with van der Waals surface area (Å²) in [4.78, 5) is 9.56. The minimum atomic E-state index is -0.404. The van der Waals surface area contributed by atoms with Crippen LogP contribution in [0.3, 0.4) is 0 Å². The number of piperazine rings is 1. The molecule has 2 unspecified atom stereocenters. The number of nitrogens with zero attached hydrogens (tertiary/aromatic N) is 4. The molecule has 1 fully saturated rings. The average Bonchev–Trinajstić information content (AvgIpc) is 2.67. The van der Waals surface area contributed by atoms with Gasteiger partial charge >= 0.3 is 0 Å². The maximum absolute atomic E-state index is 10.5. The molecule has 0 aliphatic carbocycles. The number of likely N-dealkylation sites (N-methyl/N-ethyl adjacent to an activating group) is 2. The molecule has 28 heavy (non-hydrogen) atoms. The quantitative estimate of drug-likeness (QED) is 0.425. The topological polar surface area (TPSA) is 42.4 Å². The van der Waals surface area contributed by atoms with Crippen molar-refractivity contribution in [3.8, 4) is 0 Å². The largest absolute Gasteiger partial charge is 0.389 e. The van der Waals surface area contributed by atoms with Crippen molar-refractivity contribution < 1.29 is 9.84 Å². The Labute approximate surface area is 174 Å². The van der Waals surface area contributed by atoms with E-state index in [1.165, 1.54) is 19.3 Å². The van der Waals surface area contributed by atoms with Gasteiger partial charge in [-0.05, 0) is 33.5 Å². The number of rotatable bonds is 16. The lowest BCUT2D eigenvalue weighted by Gasteiger charge is -2.34. The van der Waals surface area contributed by atoms with Gasteiger partial charge in [-0.25, -0.2) is 0 Å². The Hall–Kier alpha value is -0.240. The molecule has 1 aliphatic heterocycles. The highest BCUT2D eigenvalue weighted by molar-refractivity contribution is 4.73. The Kier molecular flexibility index (Phi) is 14.4. The molecule has 0 bridgehead atoms. The lowest BCUT2D eigenvalue weighted by atomic mass is 10.0. The molecule has 6 heteroatoms. The van der Waals surface area contributed by atoms with E-state index in [0.717, 1.165) is 65.4 Å². The first-order chi connectivity index (χ1) is 13.4. The monoisotopic (exact) mass is 400 g/mol. The summed E-state index contributed by atoms with van der Waals surface area (Å²) < 4.78 is 5.88. The number of aliphatic hydroxyl groups is 1. The summed E-state index contributed by atoms with van der Waals surface area (Å²) in [5.74, 6) is 0.634. The lowest BCUT2D eigenvalue weighted by molar-refractivity contribution is 0.000597. The van der Waals surface area contributed by atoms with Gasteiger partial charge in [0.25, 0.3) is 0 Å². The summed E-state index contributed by atoms with van der Waals surface area (Å²) in [5.41, 5.74) is 0. The van der Waals surface area contributed by atoms with Crippen LogP contribution in [0.25, 0.3) is 0 Å². The fourth-order valence-electron chi connectivity index (χ4n) is 3.61. The number of ether oxygens (including phenoxy) is 1. The summed E-state index contributed by atoms with van der Waals surface area (Å²) in [5, 5.41) is 10.5. The van der Waals surface area contributed by atoms with E-state index in [2.05, 4.69) is 54.6 Å². The maximum atomic E-state index is 10.5. The molecule has 1 heterocycles. The van der Waals surface area contributed by atoms with Crippen molar-refractivity contribution in [2.45, 2.75) is 45.6 Å². The maximum Gasteiger partial charge on any atom is 0.0900 e. The molecule has 0 radical (unpaired) electrons. The van der Waals surface area contributed by atoms with Gasteiger partial charge in [0.05, 0.1) is 12.7 Å². The Balaban J connectivity index is 2.33. The predicted octanol–water partition coefficient (Wildman–Crippen LogP) is 1.69.